The van der Waals surface area contributed by atoms with E-state index >= 15 is 0 Å². The van der Waals surface area contributed by atoms with Crippen LogP contribution < -0.4 is 34.7 Å². The van der Waals surface area contributed by atoms with Gasteiger partial charge in [-0.05, 0) is 43.1 Å². The molecule has 0 heterocycles. The van der Waals surface area contributed by atoms with E-state index in [1.807, 2.05) is 13.8 Å². The molecule has 9 nitrogen and oxygen atoms in total. The SMILES string of the molecule is CC[C@H](C)C(=O)O[C@H]1C[C@H](O)[C@H](O)C2=C[C@@H](O)[C@H](C)[C@H](CC[C@@H](O)C[C@@H](O)CC(=O)[O-])[C@H]21.[Na+]. The van der Waals surface area contributed by atoms with Crippen molar-refractivity contribution >= 4 is 11.9 Å². The molecule has 0 bridgehead atoms. The molecule has 2 aliphatic rings. The summed E-state index contributed by atoms with van der Waals surface area (Å²) in [7, 11) is 0. The van der Waals surface area contributed by atoms with Crippen molar-refractivity contribution in [1.29, 1.82) is 0 Å². The second kappa shape index (κ2) is 13.5. The molecule has 33 heavy (non-hydrogen) atoms. The number of carbonyl (C=O) groups is 2. The molecule has 0 aromatic heterocycles. The van der Waals surface area contributed by atoms with Crippen LogP contribution in [0.5, 0.6) is 0 Å². The first-order valence-corrected chi connectivity index (χ1v) is 11.5. The minimum atomic E-state index is -1.40. The van der Waals surface area contributed by atoms with Crippen LogP contribution in [0.25, 0.3) is 0 Å². The van der Waals surface area contributed by atoms with Crippen molar-refractivity contribution in [2.24, 2.45) is 23.7 Å². The number of ether oxygens (including phenoxy) is 1. The van der Waals surface area contributed by atoms with E-state index in [1.165, 1.54) is 6.08 Å². The van der Waals surface area contributed by atoms with Crippen molar-refractivity contribution in [2.45, 2.75) is 95.9 Å². The average molecular weight is 481 g/mol. The van der Waals surface area contributed by atoms with Crippen molar-refractivity contribution in [2.75, 3.05) is 0 Å². The summed E-state index contributed by atoms with van der Waals surface area (Å²) in [6, 6.07) is 0. The van der Waals surface area contributed by atoms with Crippen molar-refractivity contribution in [3.63, 3.8) is 0 Å². The number of aliphatic hydroxyl groups is 5. The van der Waals surface area contributed by atoms with Crippen LogP contribution in [0.4, 0.5) is 0 Å². The molecule has 5 N–H and O–H groups in total. The second-order valence-electron chi connectivity index (χ2n) is 9.44. The van der Waals surface area contributed by atoms with Gasteiger partial charge in [-0.15, -0.1) is 0 Å². The van der Waals surface area contributed by atoms with E-state index in [4.69, 9.17) is 4.74 Å². The topological polar surface area (TPSA) is 168 Å². The zero-order valence-corrected chi connectivity index (χ0v) is 22.0. The average Bonchev–Trinajstić information content (AvgIpc) is 2.70. The molecule has 0 amide bonds. The predicted octanol–water partition coefficient (Wildman–Crippen LogP) is -3.72. The van der Waals surface area contributed by atoms with Crippen LogP contribution in [-0.4, -0.2) is 74.1 Å². The summed E-state index contributed by atoms with van der Waals surface area (Å²) in [5.41, 5.74) is 0.438. The van der Waals surface area contributed by atoms with E-state index in [-0.39, 0.29) is 72.5 Å². The van der Waals surface area contributed by atoms with Gasteiger partial charge >= 0.3 is 35.5 Å². The summed E-state index contributed by atoms with van der Waals surface area (Å²) in [5.74, 6) is -3.07. The van der Waals surface area contributed by atoms with Gasteiger partial charge in [0.2, 0.25) is 0 Å². The molecule has 0 aromatic rings. The number of rotatable bonds is 10. The summed E-state index contributed by atoms with van der Waals surface area (Å²) < 4.78 is 5.75. The fourth-order valence-electron chi connectivity index (χ4n) is 4.90. The molecule has 0 spiro atoms. The van der Waals surface area contributed by atoms with Gasteiger partial charge < -0.3 is 40.2 Å². The number of aliphatic hydroxyl groups excluding tert-OH is 5. The molecule has 0 aliphatic heterocycles. The van der Waals surface area contributed by atoms with Crippen LogP contribution in [0.15, 0.2) is 11.6 Å². The maximum absolute atomic E-state index is 12.5. The van der Waals surface area contributed by atoms with Gasteiger partial charge in [0.15, 0.2) is 0 Å². The molecule has 10 heteroatoms. The monoisotopic (exact) mass is 480 g/mol. The molecule has 184 valence electrons. The van der Waals surface area contributed by atoms with Crippen molar-refractivity contribution in [1.82, 2.24) is 0 Å². The zero-order valence-electron chi connectivity index (χ0n) is 20.0. The number of carboxylic acid groups (broad SMARTS) is 1. The van der Waals surface area contributed by atoms with Gasteiger partial charge in [-0.3, -0.25) is 4.79 Å². The molecule has 10 atom stereocenters. The fourth-order valence-corrected chi connectivity index (χ4v) is 4.90. The third kappa shape index (κ3) is 8.00. The van der Waals surface area contributed by atoms with Crippen LogP contribution in [0.2, 0.25) is 0 Å². The minimum absolute atomic E-state index is 0. The summed E-state index contributed by atoms with van der Waals surface area (Å²) >= 11 is 0. The normalized spacial score (nSPS) is 34.2. The van der Waals surface area contributed by atoms with Crippen molar-refractivity contribution in [3.8, 4) is 0 Å². The van der Waals surface area contributed by atoms with Gasteiger partial charge in [-0.2, -0.15) is 0 Å². The Balaban J connectivity index is 0.00000544. The van der Waals surface area contributed by atoms with Crippen LogP contribution in [-0.2, 0) is 14.3 Å². The first-order valence-electron chi connectivity index (χ1n) is 11.5. The van der Waals surface area contributed by atoms with Crippen LogP contribution in [0, 0.1) is 23.7 Å². The van der Waals surface area contributed by atoms with Gasteiger partial charge in [0.05, 0.1) is 30.3 Å². The Hall–Kier alpha value is -0.520. The van der Waals surface area contributed by atoms with E-state index in [0.717, 1.165) is 0 Å². The molecule has 2 aliphatic carbocycles. The van der Waals surface area contributed by atoms with Crippen molar-refractivity contribution < 1.29 is 74.5 Å². The van der Waals surface area contributed by atoms with Gasteiger partial charge in [-0.1, -0.05) is 26.8 Å². The number of esters is 1. The smallest absolute Gasteiger partial charge is 0.550 e. The molecule has 0 unspecified atom stereocenters. The van der Waals surface area contributed by atoms with Crippen LogP contribution in [0.1, 0.15) is 59.3 Å². The third-order valence-electron chi connectivity index (χ3n) is 7.07. The van der Waals surface area contributed by atoms with Crippen LogP contribution in [0.3, 0.4) is 0 Å². The Morgan fingerprint density at radius 2 is 1.85 bits per heavy atom. The summed E-state index contributed by atoms with van der Waals surface area (Å²) in [6.07, 6.45) is -3.94. The zero-order chi connectivity index (χ0) is 24.2. The number of carbonyl (C=O) groups excluding carboxylic acids is 2. The number of fused-ring (bicyclic) bond motifs is 1. The van der Waals surface area contributed by atoms with E-state index in [9.17, 15) is 40.2 Å². The molecule has 2 rings (SSSR count). The Morgan fingerprint density at radius 1 is 1.21 bits per heavy atom. The maximum atomic E-state index is 12.5. The third-order valence-corrected chi connectivity index (χ3v) is 7.07. The quantitative estimate of drug-likeness (QED) is 0.120. The molecule has 0 saturated heterocycles. The Labute approximate surface area is 217 Å². The van der Waals surface area contributed by atoms with Crippen molar-refractivity contribution in [3.05, 3.63) is 11.6 Å². The Bertz CT molecular complexity index is 685. The first-order chi connectivity index (χ1) is 15.0. The minimum Gasteiger partial charge on any atom is -0.550 e. The molecular formula is C23H37NaO9. The van der Waals surface area contributed by atoms with Crippen LogP contribution >= 0.6 is 0 Å². The Morgan fingerprint density at radius 3 is 2.42 bits per heavy atom. The largest absolute Gasteiger partial charge is 1.00 e. The molecule has 1 fully saturated rings. The molecular weight excluding hydrogens is 443 g/mol. The van der Waals surface area contributed by atoms with Gasteiger partial charge in [0.25, 0.3) is 0 Å². The number of carboxylic acids is 1. The Kier molecular flexibility index (Phi) is 12.5. The summed E-state index contributed by atoms with van der Waals surface area (Å²) in [5, 5.41) is 62.1. The fraction of sp³-hybridized carbons (Fsp3) is 0.826. The summed E-state index contributed by atoms with van der Waals surface area (Å²) in [4.78, 5) is 23.1. The van der Waals surface area contributed by atoms with Gasteiger partial charge in [-0.25, -0.2) is 0 Å². The first kappa shape index (κ1) is 30.5. The van der Waals surface area contributed by atoms with E-state index in [2.05, 4.69) is 0 Å². The second-order valence-corrected chi connectivity index (χ2v) is 9.44. The standard InChI is InChI=1S/C23H38O9.Na/c1-4-11(2)23(31)32-19-10-18(27)22(30)16-9-17(26)12(3)15(21(16)19)6-5-13(24)7-14(25)8-20(28)29;/h9,11-15,17-19,21-22,24-27,30H,4-8,10H2,1-3H3,(H,28,29);/q;+1/p-1/t11-,12+,13+,14+,15-,17+,18-,19-,21+,22+;/m0./s1. The predicted molar refractivity (Wildman–Crippen MR) is 112 cm³/mol. The summed E-state index contributed by atoms with van der Waals surface area (Å²) in [6.45, 7) is 5.46. The maximum Gasteiger partial charge on any atom is 1.00 e. The number of hydrogen-bond acceptors (Lipinski definition) is 9. The van der Waals surface area contributed by atoms with E-state index in [0.29, 0.717) is 18.4 Å². The molecule has 0 radical (unpaired) electrons. The number of hydrogen-bond donors (Lipinski definition) is 5. The number of aliphatic carboxylic acids is 1. The van der Waals surface area contributed by atoms with Gasteiger partial charge in [0.1, 0.15) is 12.2 Å². The molecule has 0 aromatic carbocycles. The van der Waals surface area contributed by atoms with Gasteiger partial charge in [0, 0.05) is 24.7 Å². The van der Waals surface area contributed by atoms with E-state index in [1.54, 1.807) is 6.92 Å². The van der Waals surface area contributed by atoms with E-state index < -0.39 is 54.9 Å². The molecule has 1 saturated carbocycles.